The fourth-order valence-electron chi connectivity index (χ4n) is 4.55. The molecule has 5 heteroatoms. The zero-order valence-corrected chi connectivity index (χ0v) is 20.7. The molecular formula is C28H35N5. The van der Waals surface area contributed by atoms with Gasteiger partial charge in [0.15, 0.2) is 0 Å². The maximum absolute atomic E-state index is 4.82. The molecular weight excluding hydrogens is 406 g/mol. The first-order valence-corrected chi connectivity index (χ1v) is 11.6. The minimum absolute atomic E-state index is 0.407. The molecule has 4 aromatic rings. The van der Waals surface area contributed by atoms with Gasteiger partial charge in [-0.25, -0.2) is 0 Å². The standard InChI is InChI=1S/C28H35N5/c1-19(2)28-26-8-7-25(14-21(26)9-10-30-28)33(6)18-24-13-22-11-20(17-32(4)5)12-23(15-29-3)27(22)16-31-24/h7-14,16,19,29H,15,17-18H2,1-6H3. The highest BCUT2D eigenvalue weighted by Gasteiger charge is 2.11. The molecule has 2 aromatic carbocycles. The summed E-state index contributed by atoms with van der Waals surface area (Å²) in [5.41, 5.74) is 6.03. The van der Waals surface area contributed by atoms with Gasteiger partial charge in [0, 0.05) is 49.0 Å². The summed E-state index contributed by atoms with van der Waals surface area (Å²) in [5.74, 6) is 0.407. The van der Waals surface area contributed by atoms with Crippen LogP contribution in [0.1, 0.15) is 42.3 Å². The summed E-state index contributed by atoms with van der Waals surface area (Å²) in [5, 5.41) is 8.24. The summed E-state index contributed by atoms with van der Waals surface area (Å²) >= 11 is 0. The molecule has 5 nitrogen and oxygen atoms in total. The van der Waals surface area contributed by atoms with E-state index in [-0.39, 0.29) is 0 Å². The van der Waals surface area contributed by atoms with Gasteiger partial charge in [-0.15, -0.1) is 0 Å². The predicted octanol–water partition coefficient (Wildman–Crippen LogP) is 5.32. The molecule has 0 fully saturated rings. The Morgan fingerprint density at radius 2 is 1.70 bits per heavy atom. The second kappa shape index (κ2) is 9.86. The van der Waals surface area contributed by atoms with Crippen LogP contribution in [-0.4, -0.2) is 43.1 Å². The number of fused-ring (bicyclic) bond motifs is 2. The van der Waals surface area contributed by atoms with E-state index in [0.717, 1.165) is 31.0 Å². The number of anilines is 1. The molecule has 172 valence electrons. The van der Waals surface area contributed by atoms with Crippen LogP contribution in [-0.2, 0) is 19.6 Å². The van der Waals surface area contributed by atoms with E-state index in [1.54, 1.807) is 0 Å². The van der Waals surface area contributed by atoms with Gasteiger partial charge in [0.1, 0.15) is 0 Å². The normalized spacial score (nSPS) is 11.8. The third-order valence-corrected chi connectivity index (χ3v) is 6.07. The third-order valence-electron chi connectivity index (χ3n) is 6.07. The highest BCUT2D eigenvalue weighted by Crippen LogP contribution is 2.28. The molecule has 0 spiro atoms. The lowest BCUT2D eigenvalue weighted by Gasteiger charge is -2.21. The SMILES string of the molecule is CNCc1cc(CN(C)C)cc2cc(CN(C)c3ccc4c(C(C)C)nccc4c3)ncc12. The smallest absolute Gasteiger partial charge is 0.0603 e. The van der Waals surface area contributed by atoms with E-state index in [4.69, 9.17) is 4.98 Å². The van der Waals surface area contributed by atoms with Crippen LogP contribution in [0.15, 0.2) is 54.9 Å². The first kappa shape index (κ1) is 23.1. The van der Waals surface area contributed by atoms with E-state index in [2.05, 4.69) is 97.6 Å². The third kappa shape index (κ3) is 5.15. The van der Waals surface area contributed by atoms with Crippen molar-refractivity contribution in [2.75, 3.05) is 33.1 Å². The Morgan fingerprint density at radius 1 is 0.879 bits per heavy atom. The van der Waals surface area contributed by atoms with Crippen molar-refractivity contribution in [3.05, 3.63) is 77.4 Å². The second-order valence-electron chi connectivity index (χ2n) is 9.53. The Balaban J connectivity index is 1.64. The van der Waals surface area contributed by atoms with Gasteiger partial charge < -0.3 is 15.1 Å². The minimum atomic E-state index is 0.407. The lowest BCUT2D eigenvalue weighted by atomic mass is 10.0. The molecule has 0 saturated heterocycles. The number of nitrogens with zero attached hydrogens (tertiary/aromatic N) is 4. The first-order chi connectivity index (χ1) is 15.9. The average Bonchev–Trinajstić information content (AvgIpc) is 2.77. The zero-order chi connectivity index (χ0) is 23.5. The van der Waals surface area contributed by atoms with E-state index in [9.17, 15) is 0 Å². The van der Waals surface area contributed by atoms with Crippen LogP contribution in [0.4, 0.5) is 5.69 Å². The van der Waals surface area contributed by atoms with Crippen molar-refractivity contribution in [2.45, 2.75) is 39.4 Å². The van der Waals surface area contributed by atoms with Crippen LogP contribution >= 0.6 is 0 Å². The van der Waals surface area contributed by atoms with Crippen molar-refractivity contribution in [1.29, 1.82) is 0 Å². The largest absolute Gasteiger partial charge is 0.369 e. The van der Waals surface area contributed by atoms with Crippen LogP contribution in [0, 0.1) is 0 Å². The van der Waals surface area contributed by atoms with Crippen molar-refractivity contribution >= 4 is 27.2 Å². The summed E-state index contributed by atoms with van der Waals surface area (Å²) in [4.78, 5) is 13.9. The maximum atomic E-state index is 4.82. The second-order valence-corrected chi connectivity index (χ2v) is 9.53. The van der Waals surface area contributed by atoms with Crippen molar-refractivity contribution in [3.8, 4) is 0 Å². The number of pyridine rings is 2. The molecule has 4 rings (SSSR count). The molecule has 1 N–H and O–H groups in total. The Morgan fingerprint density at radius 3 is 2.42 bits per heavy atom. The molecule has 0 aliphatic carbocycles. The minimum Gasteiger partial charge on any atom is -0.369 e. The molecule has 0 atom stereocenters. The number of hydrogen-bond donors (Lipinski definition) is 1. The fourth-order valence-corrected chi connectivity index (χ4v) is 4.55. The van der Waals surface area contributed by atoms with Gasteiger partial charge in [-0.1, -0.05) is 26.0 Å². The molecule has 2 aromatic heterocycles. The van der Waals surface area contributed by atoms with E-state index in [1.807, 2.05) is 19.4 Å². The van der Waals surface area contributed by atoms with Crippen molar-refractivity contribution in [3.63, 3.8) is 0 Å². The number of hydrogen-bond acceptors (Lipinski definition) is 5. The molecule has 0 unspecified atom stereocenters. The Bertz CT molecular complexity index is 1260. The van der Waals surface area contributed by atoms with Gasteiger partial charge in [-0.3, -0.25) is 9.97 Å². The van der Waals surface area contributed by atoms with Gasteiger partial charge >= 0.3 is 0 Å². The topological polar surface area (TPSA) is 44.3 Å². The van der Waals surface area contributed by atoms with Gasteiger partial charge in [0.05, 0.1) is 17.9 Å². The molecule has 0 bridgehead atoms. The van der Waals surface area contributed by atoms with Crippen LogP contribution < -0.4 is 10.2 Å². The van der Waals surface area contributed by atoms with Crippen molar-refractivity contribution in [1.82, 2.24) is 20.2 Å². The quantitative estimate of drug-likeness (QED) is 0.401. The Kier molecular flexibility index (Phi) is 6.91. The lowest BCUT2D eigenvalue weighted by Crippen LogP contribution is -2.17. The number of aromatic nitrogens is 2. The molecule has 2 heterocycles. The van der Waals surface area contributed by atoms with Crippen molar-refractivity contribution in [2.24, 2.45) is 0 Å². The van der Waals surface area contributed by atoms with E-state index >= 15 is 0 Å². The van der Waals surface area contributed by atoms with Crippen LogP contribution in [0.3, 0.4) is 0 Å². The van der Waals surface area contributed by atoms with Crippen LogP contribution in [0.25, 0.3) is 21.5 Å². The molecule has 0 aliphatic rings. The maximum Gasteiger partial charge on any atom is 0.0603 e. The highest BCUT2D eigenvalue weighted by atomic mass is 15.1. The monoisotopic (exact) mass is 441 g/mol. The number of nitrogens with one attached hydrogen (secondary N) is 1. The summed E-state index contributed by atoms with van der Waals surface area (Å²) in [6, 6.07) is 15.6. The molecule has 0 amide bonds. The average molecular weight is 442 g/mol. The fraction of sp³-hybridized carbons (Fsp3) is 0.357. The van der Waals surface area contributed by atoms with Crippen LogP contribution in [0.5, 0.6) is 0 Å². The molecule has 33 heavy (non-hydrogen) atoms. The highest BCUT2D eigenvalue weighted by molar-refractivity contribution is 5.88. The summed E-state index contributed by atoms with van der Waals surface area (Å²) in [7, 11) is 8.34. The summed E-state index contributed by atoms with van der Waals surface area (Å²) in [6.45, 7) is 6.90. The van der Waals surface area contributed by atoms with E-state index < -0.39 is 0 Å². The van der Waals surface area contributed by atoms with Gasteiger partial charge in [0.2, 0.25) is 0 Å². The summed E-state index contributed by atoms with van der Waals surface area (Å²) in [6.07, 6.45) is 3.95. The van der Waals surface area contributed by atoms with Gasteiger partial charge in [-0.05, 0) is 79.3 Å². The molecule has 0 saturated carbocycles. The lowest BCUT2D eigenvalue weighted by molar-refractivity contribution is 0.402. The Labute approximate surface area is 197 Å². The van der Waals surface area contributed by atoms with Gasteiger partial charge in [-0.2, -0.15) is 0 Å². The van der Waals surface area contributed by atoms with Crippen molar-refractivity contribution < 1.29 is 0 Å². The van der Waals surface area contributed by atoms with E-state index in [0.29, 0.717) is 5.92 Å². The Hall–Kier alpha value is -3.02. The molecule has 0 radical (unpaired) electrons. The zero-order valence-electron chi connectivity index (χ0n) is 20.7. The molecule has 0 aliphatic heterocycles. The van der Waals surface area contributed by atoms with Gasteiger partial charge in [0.25, 0.3) is 0 Å². The first-order valence-electron chi connectivity index (χ1n) is 11.6. The summed E-state index contributed by atoms with van der Waals surface area (Å²) < 4.78 is 0. The van der Waals surface area contributed by atoms with E-state index in [1.165, 1.54) is 38.4 Å². The number of benzene rings is 2. The van der Waals surface area contributed by atoms with Crippen LogP contribution in [0.2, 0.25) is 0 Å². The number of rotatable bonds is 8. The predicted molar refractivity (Wildman–Crippen MR) is 140 cm³/mol.